The van der Waals surface area contributed by atoms with E-state index in [0.717, 1.165) is 89.9 Å². The van der Waals surface area contributed by atoms with Crippen LogP contribution >= 0.6 is 0 Å². The van der Waals surface area contributed by atoms with Gasteiger partial charge in [0.2, 0.25) is 5.91 Å². The van der Waals surface area contributed by atoms with Gasteiger partial charge in [0.25, 0.3) is 0 Å². The van der Waals surface area contributed by atoms with Crippen molar-refractivity contribution in [2.24, 2.45) is 0 Å². The van der Waals surface area contributed by atoms with Gasteiger partial charge in [-0.05, 0) is 103 Å². The number of nitrogens with one attached hydrogen (secondary N) is 1. The number of carbonyl (C=O) groups is 2. The molecule has 11 heteroatoms. The number of hydrogen-bond acceptors (Lipinski definition) is 10. The second kappa shape index (κ2) is 49.7. The minimum Gasteiger partial charge on any atom is -0.454 e. The first kappa shape index (κ1) is 67.8. The fourth-order valence-corrected chi connectivity index (χ4v) is 7.84. The average Bonchev–Trinajstić information content (AvgIpc) is 3.40. The molecule has 0 aliphatic carbocycles. The van der Waals surface area contributed by atoms with Crippen molar-refractivity contribution in [3.8, 4) is 0 Å². The van der Waals surface area contributed by atoms with Crippen molar-refractivity contribution in [1.82, 2.24) is 5.32 Å². The Morgan fingerprint density at radius 1 is 0.541 bits per heavy atom. The summed E-state index contributed by atoms with van der Waals surface area (Å²) in [7, 11) is 0. The molecule has 8 unspecified atom stereocenters. The van der Waals surface area contributed by atoms with E-state index in [9.17, 15) is 35.1 Å². The van der Waals surface area contributed by atoms with Crippen LogP contribution in [-0.4, -0.2) is 99.6 Å². The van der Waals surface area contributed by atoms with Crippen LogP contribution in [-0.2, 0) is 23.8 Å². The van der Waals surface area contributed by atoms with E-state index < -0.39 is 67.4 Å². The molecule has 0 aromatic heterocycles. The van der Waals surface area contributed by atoms with Crippen LogP contribution in [0.1, 0.15) is 188 Å². The molecule has 1 fully saturated rings. The van der Waals surface area contributed by atoms with E-state index in [1.54, 1.807) is 6.08 Å². The monoisotopic (exact) mass is 1030 g/mol. The number of aliphatic hydroxyl groups is 5. The SMILES string of the molecule is CC/C=C\C/C=C\C/C=C\C/C=C\C/C=C\CCCC(=O)OC1C(OCC(NC(=O)C(O)CC/C=C\C/C=C\C/C=C\C/C=C\C/C=C\CC)C(O)/C=C/CCCCCCCCCCCC)OC(CO)C(O)C1O. The van der Waals surface area contributed by atoms with Crippen molar-refractivity contribution in [3.05, 3.63) is 134 Å². The number of amides is 1. The zero-order valence-electron chi connectivity index (χ0n) is 45.9. The first-order chi connectivity index (χ1) is 36.2. The van der Waals surface area contributed by atoms with Gasteiger partial charge in [0.1, 0.15) is 24.4 Å². The largest absolute Gasteiger partial charge is 0.454 e. The highest BCUT2D eigenvalue weighted by Gasteiger charge is 2.47. The Bertz CT molecular complexity index is 1710. The molecule has 0 radical (unpaired) electrons. The molecule has 0 aromatic carbocycles. The molecule has 1 aliphatic rings. The molecule has 6 N–H and O–H groups in total. The molecule has 0 spiro atoms. The normalized spacial score (nSPS) is 20.4. The highest BCUT2D eigenvalue weighted by atomic mass is 16.7. The lowest BCUT2D eigenvalue weighted by Crippen LogP contribution is -2.61. The van der Waals surface area contributed by atoms with Crippen molar-refractivity contribution in [2.75, 3.05) is 13.2 Å². The quantitative estimate of drug-likeness (QED) is 0.0196. The molecular formula is C63H101NO10. The fourth-order valence-electron chi connectivity index (χ4n) is 7.84. The van der Waals surface area contributed by atoms with E-state index in [-0.39, 0.29) is 19.4 Å². The molecule has 74 heavy (non-hydrogen) atoms. The first-order valence-corrected chi connectivity index (χ1v) is 28.5. The molecule has 1 saturated heterocycles. The minimum absolute atomic E-state index is 0.0303. The topological polar surface area (TPSA) is 175 Å². The number of unbranched alkanes of at least 4 members (excludes halogenated alkanes) is 11. The molecule has 1 aliphatic heterocycles. The molecule has 11 nitrogen and oxygen atoms in total. The van der Waals surface area contributed by atoms with Crippen molar-refractivity contribution in [2.45, 2.75) is 237 Å². The lowest BCUT2D eigenvalue weighted by Gasteiger charge is -2.41. The van der Waals surface area contributed by atoms with Crippen LogP contribution in [0.3, 0.4) is 0 Å². The fraction of sp³-hybridized carbons (Fsp3) is 0.619. The molecule has 0 bridgehead atoms. The number of allylic oxidation sites excluding steroid dienone is 21. The highest BCUT2D eigenvalue weighted by molar-refractivity contribution is 5.80. The van der Waals surface area contributed by atoms with E-state index >= 15 is 0 Å². The number of aliphatic hydroxyl groups excluding tert-OH is 5. The average molecular weight is 1030 g/mol. The summed E-state index contributed by atoms with van der Waals surface area (Å²) in [6.07, 6.45) is 59.4. The van der Waals surface area contributed by atoms with Crippen LogP contribution in [0.5, 0.6) is 0 Å². The predicted octanol–water partition coefficient (Wildman–Crippen LogP) is 12.9. The number of carbonyl (C=O) groups excluding carboxylic acids is 2. The lowest BCUT2D eigenvalue weighted by molar-refractivity contribution is -0.305. The van der Waals surface area contributed by atoms with Gasteiger partial charge in [-0.15, -0.1) is 0 Å². The Kier molecular flexibility index (Phi) is 45.5. The summed E-state index contributed by atoms with van der Waals surface area (Å²) >= 11 is 0. The number of hydrogen-bond donors (Lipinski definition) is 6. The van der Waals surface area contributed by atoms with Crippen molar-refractivity contribution in [3.63, 3.8) is 0 Å². The zero-order chi connectivity index (χ0) is 54.0. The maximum Gasteiger partial charge on any atom is 0.306 e. The Morgan fingerprint density at radius 3 is 1.45 bits per heavy atom. The van der Waals surface area contributed by atoms with Crippen LogP contribution in [0.25, 0.3) is 0 Å². The maximum atomic E-state index is 13.4. The third-order valence-corrected chi connectivity index (χ3v) is 12.3. The second-order valence-electron chi connectivity index (χ2n) is 18.9. The maximum absolute atomic E-state index is 13.4. The Balaban J connectivity index is 2.83. The Labute approximate surface area is 448 Å². The Morgan fingerprint density at radius 2 is 0.973 bits per heavy atom. The van der Waals surface area contributed by atoms with E-state index in [4.69, 9.17) is 14.2 Å². The molecule has 1 amide bonds. The predicted molar refractivity (Wildman–Crippen MR) is 305 cm³/mol. The van der Waals surface area contributed by atoms with Gasteiger partial charge in [-0.3, -0.25) is 9.59 Å². The van der Waals surface area contributed by atoms with Gasteiger partial charge in [0.05, 0.1) is 25.4 Å². The van der Waals surface area contributed by atoms with Crippen LogP contribution in [0.15, 0.2) is 134 Å². The molecule has 418 valence electrons. The molecule has 1 rings (SSSR count). The molecule has 8 atom stereocenters. The first-order valence-electron chi connectivity index (χ1n) is 28.5. The van der Waals surface area contributed by atoms with Crippen LogP contribution in [0.4, 0.5) is 0 Å². The van der Waals surface area contributed by atoms with Crippen LogP contribution < -0.4 is 5.32 Å². The van der Waals surface area contributed by atoms with Crippen molar-refractivity contribution < 1.29 is 49.3 Å². The summed E-state index contributed by atoms with van der Waals surface area (Å²) in [4.78, 5) is 26.4. The summed E-state index contributed by atoms with van der Waals surface area (Å²) in [6, 6.07) is -1.07. The molecule has 0 saturated carbocycles. The van der Waals surface area contributed by atoms with E-state index in [2.05, 4.69) is 123 Å². The highest BCUT2D eigenvalue weighted by Crippen LogP contribution is 2.26. The molecular weight excluding hydrogens is 931 g/mol. The lowest BCUT2D eigenvalue weighted by atomic mass is 9.99. The summed E-state index contributed by atoms with van der Waals surface area (Å²) in [5.74, 6) is -1.33. The molecule has 1 heterocycles. The summed E-state index contributed by atoms with van der Waals surface area (Å²) < 4.78 is 17.5. The van der Waals surface area contributed by atoms with E-state index in [1.165, 1.54) is 44.9 Å². The summed E-state index contributed by atoms with van der Waals surface area (Å²) in [6.45, 7) is 5.46. The van der Waals surface area contributed by atoms with E-state index in [0.29, 0.717) is 19.3 Å². The van der Waals surface area contributed by atoms with Gasteiger partial charge >= 0.3 is 5.97 Å². The smallest absolute Gasteiger partial charge is 0.306 e. The van der Waals surface area contributed by atoms with Gasteiger partial charge in [0.15, 0.2) is 12.4 Å². The van der Waals surface area contributed by atoms with Gasteiger partial charge in [-0.2, -0.15) is 0 Å². The van der Waals surface area contributed by atoms with Gasteiger partial charge in [-0.25, -0.2) is 0 Å². The van der Waals surface area contributed by atoms with E-state index in [1.807, 2.05) is 30.4 Å². The standard InChI is InChI=1S/C63H101NO10/c1-4-7-10-13-16-19-22-25-27-29-31-33-36-39-42-45-48-51-58(68)74-61-60(70)59(69)57(52-65)73-63(61)72-53-54(55(66)49-46-43-40-37-34-24-21-18-15-12-9-6-3)64-62(71)56(67)50-47-44-41-38-35-32-30-28-26-23-20-17-14-11-8-5-2/h7-8,10-11,16-17,19-20,25-28,31-33,35,39,41-42,44,46,49,54-57,59-61,63,65-67,69-70H,4-6,9,12-15,18,21-24,29-30,34,36-38,40,43,45,47-48,50-53H2,1-3H3,(H,64,71)/b10-7-,11-8-,19-16-,20-17-,27-25-,28-26-,33-31-,35-32-,42-39-,44-41-,49-46+. The third-order valence-electron chi connectivity index (χ3n) is 12.3. The summed E-state index contributed by atoms with van der Waals surface area (Å²) in [5, 5.41) is 56.7. The third kappa shape index (κ3) is 37.5. The Hall–Kier alpha value is -4.20. The minimum atomic E-state index is -1.66. The van der Waals surface area contributed by atoms with Crippen LogP contribution in [0.2, 0.25) is 0 Å². The summed E-state index contributed by atoms with van der Waals surface area (Å²) in [5.41, 5.74) is 0. The van der Waals surface area contributed by atoms with Gasteiger partial charge in [0, 0.05) is 6.42 Å². The number of esters is 1. The van der Waals surface area contributed by atoms with Crippen LogP contribution in [0, 0.1) is 0 Å². The van der Waals surface area contributed by atoms with Gasteiger partial charge in [-0.1, -0.05) is 212 Å². The van der Waals surface area contributed by atoms with Gasteiger partial charge < -0.3 is 45.1 Å². The number of ether oxygens (including phenoxy) is 3. The molecule has 0 aromatic rings. The number of rotatable bonds is 45. The van der Waals surface area contributed by atoms with Crippen molar-refractivity contribution >= 4 is 11.9 Å². The zero-order valence-corrected chi connectivity index (χ0v) is 45.9. The second-order valence-corrected chi connectivity index (χ2v) is 18.9. The van der Waals surface area contributed by atoms with Crippen molar-refractivity contribution in [1.29, 1.82) is 0 Å².